The highest BCUT2D eigenvalue weighted by Gasteiger charge is 2.28. The van der Waals surface area contributed by atoms with Gasteiger partial charge in [0.15, 0.2) is 0 Å². The minimum Gasteiger partial charge on any atom is -0.352 e. The summed E-state index contributed by atoms with van der Waals surface area (Å²) in [6, 6.07) is 1.41. The summed E-state index contributed by atoms with van der Waals surface area (Å²) in [6.45, 7) is 0.334. The molecule has 0 saturated heterocycles. The molecule has 1 aliphatic carbocycles. The van der Waals surface area contributed by atoms with Gasteiger partial charge in [-0.1, -0.05) is 0 Å². The van der Waals surface area contributed by atoms with Crippen LogP contribution in [0.4, 0.5) is 14.5 Å². The van der Waals surface area contributed by atoms with E-state index >= 15 is 0 Å². The summed E-state index contributed by atoms with van der Waals surface area (Å²) in [6.07, 6.45) is 1.94. The van der Waals surface area contributed by atoms with E-state index in [-0.39, 0.29) is 0 Å². The Hall–Kier alpha value is -2.05. The number of carbonyl (C=O) groups excluding carboxylic acids is 1. The lowest BCUT2D eigenvalue weighted by molar-refractivity contribution is -0.387. The van der Waals surface area contributed by atoms with Gasteiger partial charge in [-0.3, -0.25) is 14.9 Å². The molecule has 0 aromatic heterocycles. The highest BCUT2D eigenvalue weighted by molar-refractivity contribution is 5.95. The molecule has 96 valence electrons. The van der Waals surface area contributed by atoms with Gasteiger partial charge in [-0.25, -0.2) is 4.39 Å². The van der Waals surface area contributed by atoms with Gasteiger partial charge in [-0.05, 0) is 24.8 Å². The van der Waals surface area contributed by atoms with Crippen molar-refractivity contribution in [2.45, 2.75) is 12.8 Å². The van der Waals surface area contributed by atoms with E-state index in [4.69, 9.17) is 0 Å². The molecule has 1 saturated carbocycles. The number of hydrogen-bond acceptors (Lipinski definition) is 3. The molecule has 1 N–H and O–H groups in total. The van der Waals surface area contributed by atoms with Crippen molar-refractivity contribution in [3.05, 3.63) is 39.4 Å². The molecule has 7 heteroatoms. The molecule has 0 unspecified atom stereocenters. The summed E-state index contributed by atoms with van der Waals surface area (Å²) in [5.74, 6) is -3.15. The average Bonchev–Trinajstić information content (AvgIpc) is 3.09. The van der Waals surface area contributed by atoms with Crippen LogP contribution in [0.1, 0.15) is 23.2 Å². The highest BCUT2D eigenvalue weighted by Crippen LogP contribution is 2.28. The number of nitrogens with zero attached hydrogens (tertiary/aromatic N) is 1. The summed E-state index contributed by atoms with van der Waals surface area (Å²) in [5.41, 5.74) is -1.81. The minimum absolute atomic E-state index is 0.334. The average molecular weight is 256 g/mol. The second-order valence-corrected chi connectivity index (χ2v) is 4.17. The standard InChI is InChI=1S/C11H10F2N2O3/c12-7-3-4-8(15(17)18)10(13)9(7)11(16)14-5-6-1-2-6/h3-4,6H,1-2,5H2,(H,14,16). The predicted octanol–water partition coefficient (Wildman–Crippen LogP) is 2.01. The first-order valence-electron chi connectivity index (χ1n) is 5.41. The Balaban J connectivity index is 2.26. The normalized spacial score (nSPS) is 14.3. The van der Waals surface area contributed by atoms with Crippen molar-refractivity contribution in [1.82, 2.24) is 5.32 Å². The lowest BCUT2D eigenvalue weighted by Gasteiger charge is -2.06. The molecule has 1 aliphatic rings. The van der Waals surface area contributed by atoms with E-state index in [9.17, 15) is 23.7 Å². The number of hydrogen-bond donors (Lipinski definition) is 1. The number of benzene rings is 1. The lowest BCUT2D eigenvalue weighted by atomic mass is 10.1. The zero-order valence-corrected chi connectivity index (χ0v) is 9.28. The number of halogens is 2. The third-order valence-electron chi connectivity index (χ3n) is 2.74. The monoisotopic (exact) mass is 256 g/mol. The molecule has 1 fully saturated rings. The number of amides is 1. The predicted molar refractivity (Wildman–Crippen MR) is 58.1 cm³/mol. The zero-order valence-electron chi connectivity index (χ0n) is 9.28. The van der Waals surface area contributed by atoms with Crippen LogP contribution < -0.4 is 5.32 Å². The van der Waals surface area contributed by atoms with E-state index < -0.39 is 33.7 Å². The van der Waals surface area contributed by atoms with Crippen molar-refractivity contribution in [3.63, 3.8) is 0 Å². The van der Waals surface area contributed by atoms with Crippen LogP contribution >= 0.6 is 0 Å². The Morgan fingerprint density at radius 1 is 1.44 bits per heavy atom. The summed E-state index contributed by atoms with van der Waals surface area (Å²) in [7, 11) is 0. The van der Waals surface area contributed by atoms with Crippen LogP contribution in [0.5, 0.6) is 0 Å². The van der Waals surface area contributed by atoms with E-state index in [0.29, 0.717) is 24.6 Å². The SMILES string of the molecule is O=C(NCC1CC1)c1c(F)ccc([N+](=O)[O-])c1F. The molecule has 0 heterocycles. The third-order valence-corrected chi connectivity index (χ3v) is 2.74. The van der Waals surface area contributed by atoms with Gasteiger partial charge in [0.05, 0.1) is 4.92 Å². The molecule has 0 atom stereocenters. The first kappa shape index (κ1) is 12.4. The Labute approximate surface area is 101 Å². The lowest BCUT2D eigenvalue weighted by Crippen LogP contribution is -2.27. The molecule has 2 rings (SSSR count). The van der Waals surface area contributed by atoms with Gasteiger partial charge in [0.1, 0.15) is 11.4 Å². The van der Waals surface area contributed by atoms with Crippen LogP contribution in [-0.4, -0.2) is 17.4 Å². The van der Waals surface area contributed by atoms with Crippen LogP contribution in [0.2, 0.25) is 0 Å². The van der Waals surface area contributed by atoms with Gasteiger partial charge in [0, 0.05) is 12.6 Å². The molecule has 1 aromatic carbocycles. The molecule has 18 heavy (non-hydrogen) atoms. The second-order valence-electron chi connectivity index (χ2n) is 4.17. The molecule has 5 nitrogen and oxygen atoms in total. The molecule has 1 aromatic rings. The third kappa shape index (κ3) is 2.44. The fourth-order valence-electron chi connectivity index (χ4n) is 1.54. The molecule has 0 aliphatic heterocycles. The van der Waals surface area contributed by atoms with Gasteiger partial charge in [0.2, 0.25) is 5.82 Å². The smallest absolute Gasteiger partial charge is 0.305 e. The Kier molecular flexibility index (Phi) is 3.22. The molecular weight excluding hydrogens is 246 g/mol. The quantitative estimate of drug-likeness (QED) is 0.661. The van der Waals surface area contributed by atoms with Crippen molar-refractivity contribution in [3.8, 4) is 0 Å². The maximum absolute atomic E-state index is 13.6. The van der Waals surface area contributed by atoms with Gasteiger partial charge in [0.25, 0.3) is 5.91 Å². The molecule has 0 bridgehead atoms. The largest absolute Gasteiger partial charge is 0.352 e. The number of nitro groups is 1. The van der Waals surface area contributed by atoms with E-state index in [1.54, 1.807) is 0 Å². The van der Waals surface area contributed by atoms with Crippen molar-refractivity contribution < 1.29 is 18.5 Å². The van der Waals surface area contributed by atoms with E-state index in [2.05, 4.69) is 5.32 Å². The van der Waals surface area contributed by atoms with E-state index in [0.717, 1.165) is 12.8 Å². The number of carbonyl (C=O) groups is 1. The van der Waals surface area contributed by atoms with E-state index in [1.165, 1.54) is 0 Å². The Bertz CT molecular complexity index is 515. The number of nitrogens with one attached hydrogen (secondary N) is 1. The molecule has 0 spiro atoms. The maximum Gasteiger partial charge on any atom is 0.305 e. The topological polar surface area (TPSA) is 72.2 Å². The van der Waals surface area contributed by atoms with Gasteiger partial charge in [-0.2, -0.15) is 4.39 Å². The van der Waals surface area contributed by atoms with Crippen molar-refractivity contribution in [2.24, 2.45) is 5.92 Å². The summed E-state index contributed by atoms with van der Waals surface area (Å²) < 4.78 is 27.0. The van der Waals surface area contributed by atoms with Crippen LogP contribution in [0.25, 0.3) is 0 Å². The maximum atomic E-state index is 13.6. The fraction of sp³-hybridized carbons (Fsp3) is 0.364. The van der Waals surface area contributed by atoms with E-state index in [1.807, 2.05) is 0 Å². The van der Waals surface area contributed by atoms with Crippen LogP contribution in [0, 0.1) is 27.7 Å². The van der Waals surface area contributed by atoms with Gasteiger partial charge >= 0.3 is 5.69 Å². The summed E-state index contributed by atoms with van der Waals surface area (Å²) >= 11 is 0. The molecule has 0 radical (unpaired) electrons. The first-order valence-corrected chi connectivity index (χ1v) is 5.41. The molecular formula is C11H10F2N2O3. The van der Waals surface area contributed by atoms with Crippen molar-refractivity contribution in [2.75, 3.05) is 6.54 Å². The zero-order chi connectivity index (χ0) is 13.3. The van der Waals surface area contributed by atoms with Crippen molar-refractivity contribution in [1.29, 1.82) is 0 Å². The number of nitro benzene ring substituents is 1. The number of rotatable bonds is 4. The Morgan fingerprint density at radius 2 is 2.11 bits per heavy atom. The fourth-order valence-corrected chi connectivity index (χ4v) is 1.54. The van der Waals surface area contributed by atoms with Crippen molar-refractivity contribution >= 4 is 11.6 Å². The second kappa shape index (κ2) is 4.67. The molecule has 1 amide bonds. The summed E-state index contributed by atoms with van der Waals surface area (Å²) in [5, 5.41) is 12.9. The van der Waals surface area contributed by atoms with Crippen LogP contribution in [-0.2, 0) is 0 Å². The van der Waals surface area contributed by atoms with Gasteiger partial charge < -0.3 is 5.32 Å². The minimum atomic E-state index is -1.44. The van der Waals surface area contributed by atoms with Gasteiger partial charge in [-0.15, -0.1) is 0 Å². The Morgan fingerprint density at radius 3 is 2.67 bits per heavy atom. The summed E-state index contributed by atoms with van der Waals surface area (Å²) in [4.78, 5) is 21.1. The van der Waals surface area contributed by atoms with Crippen LogP contribution in [0.3, 0.4) is 0 Å². The van der Waals surface area contributed by atoms with Crippen LogP contribution in [0.15, 0.2) is 12.1 Å². The first-order chi connectivity index (χ1) is 8.50. The highest BCUT2D eigenvalue weighted by atomic mass is 19.1.